The van der Waals surface area contributed by atoms with E-state index in [0.717, 1.165) is 94.6 Å². The maximum absolute atomic E-state index is 14.1. The molecule has 2 saturated carbocycles. The first-order chi connectivity index (χ1) is 30.9. The van der Waals surface area contributed by atoms with Crippen LogP contribution in [0.4, 0.5) is 9.59 Å². The summed E-state index contributed by atoms with van der Waals surface area (Å²) in [6, 6.07) is 18.9. The molecule has 5 aromatic rings. The molecule has 4 aliphatic rings. The Bertz CT molecular complexity index is 2550. The van der Waals surface area contributed by atoms with E-state index in [1.165, 1.54) is 28.4 Å². The van der Waals surface area contributed by atoms with Crippen LogP contribution in [0.3, 0.4) is 0 Å². The number of rotatable bonds is 13. The maximum Gasteiger partial charge on any atom is 0.407 e. The Balaban J connectivity index is 0.894. The molecule has 2 unspecified atom stereocenters. The van der Waals surface area contributed by atoms with Crippen molar-refractivity contribution in [1.82, 2.24) is 40.4 Å². The lowest BCUT2D eigenvalue weighted by atomic mass is 9.96. The summed E-state index contributed by atoms with van der Waals surface area (Å²) >= 11 is 0. The van der Waals surface area contributed by atoms with Crippen molar-refractivity contribution in [1.29, 1.82) is 0 Å². The third-order valence-electron chi connectivity index (χ3n) is 14.2. The number of nitrogens with one attached hydrogen (secondary N) is 4. The fraction of sp³-hybridized carbons (Fsp3) is 0.458. The molecule has 3 aromatic carbocycles. The largest absolute Gasteiger partial charge is 0.453 e. The molecule has 2 aliphatic carbocycles. The number of aromatic amines is 2. The summed E-state index contributed by atoms with van der Waals surface area (Å²) in [5, 5.41) is 7.54. The van der Waals surface area contributed by atoms with Crippen LogP contribution < -0.4 is 10.6 Å². The number of piperidine rings is 1. The number of alkyl carbamates (subject to hydrolysis) is 2. The lowest BCUT2D eigenvalue weighted by molar-refractivity contribution is -0.141. The minimum atomic E-state index is -0.899. The molecule has 16 heteroatoms. The highest BCUT2D eigenvalue weighted by atomic mass is 16.5. The van der Waals surface area contributed by atoms with E-state index >= 15 is 0 Å². The van der Waals surface area contributed by atoms with Gasteiger partial charge in [0.2, 0.25) is 11.8 Å². The van der Waals surface area contributed by atoms with Crippen LogP contribution in [0.25, 0.3) is 44.4 Å². The summed E-state index contributed by atoms with van der Waals surface area (Å²) in [6.45, 7) is 4.12. The van der Waals surface area contributed by atoms with Crippen molar-refractivity contribution in [3.05, 3.63) is 84.7 Å². The summed E-state index contributed by atoms with van der Waals surface area (Å²) in [4.78, 5) is 72.8. The van der Waals surface area contributed by atoms with Crippen LogP contribution in [0.2, 0.25) is 0 Å². The predicted molar refractivity (Wildman–Crippen MR) is 238 cm³/mol. The topological polar surface area (TPSA) is 193 Å². The predicted octanol–water partition coefficient (Wildman–Crippen LogP) is 6.91. The Kier molecular flexibility index (Phi) is 11.7. The monoisotopic (exact) mass is 872 g/mol. The Labute approximate surface area is 371 Å². The van der Waals surface area contributed by atoms with Gasteiger partial charge in [-0.1, -0.05) is 48.5 Å². The molecule has 0 radical (unpaired) electrons. The van der Waals surface area contributed by atoms with Gasteiger partial charge in [-0.15, -0.1) is 0 Å². The van der Waals surface area contributed by atoms with Crippen LogP contribution >= 0.6 is 0 Å². The van der Waals surface area contributed by atoms with Gasteiger partial charge in [-0.25, -0.2) is 19.6 Å². The minimum Gasteiger partial charge on any atom is -0.453 e. The van der Waals surface area contributed by atoms with E-state index in [1.54, 1.807) is 13.8 Å². The lowest BCUT2D eigenvalue weighted by Gasteiger charge is -2.37. The average molecular weight is 873 g/mol. The van der Waals surface area contributed by atoms with Gasteiger partial charge in [0.15, 0.2) is 0 Å². The van der Waals surface area contributed by atoms with E-state index in [1.807, 2.05) is 22.2 Å². The first kappa shape index (κ1) is 43.0. The van der Waals surface area contributed by atoms with Gasteiger partial charge in [0.05, 0.1) is 62.3 Å². The third kappa shape index (κ3) is 8.08. The second kappa shape index (κ2) is 17.4. The van der Waals surface area contributed by atoms with Gasteiger partial charge >= 0.3 is 12.2 Å². The smallest absolute Gasteiger partial charge is 0.407 e. The van der Waals surface area contributed by atoms with Crippen molar-refractivity contribution in [2.45, 2.75) is 94.8 Å². The molecule has 2 aliphatic heterocycles. The van der Waals surface area contributed by atoms with Crippen molar-refractivity contribution in [3.63, 3.8) is 0 Å². The second-order valence-electron chi connectivity index (χ2n) is 17.9. The van der Waals surface area contributed by atoms with Crippen molar-refractivity contribution in [2.75, 3.05) is 35.0 Å². The van der Waals surface area contributed by atoms with Crippen LogP contribution in [0.15, 0.2) is 73.1 Å². The number of carbonyl (C=O) groups excluding carboxylic acids is 4. The summed E-state index contributed by atoms with van der Waals surface area (Å²) in [5.74, 6) is 1.31. The zero-order valence-corrected chi connectivity index (χ0v) is 37.1. The SMILES string of the molecule is COC(=O)N[C@H](C(=O)N1CC2(CC2)C[C@H]1c1ncc(-c2ccc3cc(-c4ccc(-c5cnc([C@@H]6[C@@H]7CC[C@H](C7)N6C(=O)[C@@H](NC(=O)OC)C(C)OC)[nH]5)cc4)ccc3c2)[nH]1)C(C)OC. The number of imidazole rings is 2. The molecule has 2 bridgehead atoms. The molecule has 1 spiro atoms. The van der Waals surface area contributed by atoms with E-state index in [4.69, 9.17) is 28.9 Å². The number of aromatic nitrogens is 4. The molecule has 4 amide bonds. The number of methoxy groups -OCH3 is 4. The fourth-order valence-electron chi connectivity index (χ4n) is 10.2. The summed E-state index contributed by atoms with van der Waals surface area (Å²) in [5.41, 5.74) is 5.91. The standard InChI is InChI=1S/C48H56N8O8/c1-26(61-3)39(53-46(59)63-5)44(57)55-25-48(17-18-48)22-38(55)42-49-24-37(51-42)33-14-13-31-19-30(11-12-32(31)20-33)28-7-9-29(10-8-28)36-23-50-43(52-36)41-34-15-16-35(21-34)56(41)45(58)40(27(2)62-4)54-47(60)64-6/h7-14,19-20,23-24,26-27,34-35,38-41H,15-18,21-22,25H2,1-6H3,(H,49,51)(H,50,52)(H,53,59)(H,54,60)/t26?,27?,34-,35-,38+,39+,40+,41+/m1/s1. The zero-order valence-electron chi connectivity index (χ0n) is 37.1. The number of hydrogen-bond acceptors (Lipinski definition) is 10. The summed E-state index contributed by atoms with van der Waals surface area (Å²) in [6.07, 6.45) is 6.91. The molecule has 4 heterocycles. The highest BCUT2D eigenvalue weighted by Gasteiger charge is 2.56. The average Bonchev–Trinajstić information content (AvgIpc) is 3.96. The zero-order chi connectivity index (χ0) is 44.9. The summed E-state index contributed by atoms with van der Waals surface area (Å²) in [7, 11) is 5.59. The maximum atomic E-state index is 14.1. The number of benzene rings is 3. The Hall–Kier alpha value is -6.26. The molecule has 8 atom stereocenters. The van der Waals surface area contributed by atoms with E-state index in [0.29, 0.717) is 6.54 Å². The van der Waals surface area contributed by atoms with E-state index in [9.17, 15) is 19.2 Å². The highest BCUT2D eigenvalue weighted by molar-refractivity contribution is 5.91. The van der Waals surface area contributed by atoms with Gasteiger partial charge in [-0.3, -0.25) is 9.59 Å². The summed E-state index contributed by atoms with van der Waals surface area (Å²) < 4.78 is 20.6. The molecular weight excluding hydrogens is 817 g/mol. The van der Waals surface area contributed by atoms with Gasteiger partial charge < -0.3 is 49.3 Å². The number of ether oxygens (including phenoxy) is 4. The number of nitrogens with zero attached hydrogens (tertiary/aromatic N) is 4. The molecule has 4 N–H and O–H groups in total. The Morgan fingerprint density at radius 2 is 1.25 bits per heavy atom. The first-order valence-corrected chi connectivity index (χ1v) is 22.0. The van der Waals surface area contributed by atoms with Crippen LogP contribution in [0.5, 0.6) is 0 Å². The van der Waals surface area contributed by atoms with Gasteiger partial charge in [-0.2, -0.15) is 0 Å². The fourth-order valence-corrected chi connectivity index (χ4v) is 10.2. The van der Waals surface area contributed by atoms with Crippen molar-refractivity contribution >= 4 is 34.8 Å². The van der Waals surface area contributed by atoms with Crippen molar-refractivity contribution in [2.24, 2.45) is 11.3 Å². The first-order valence-electron chi connectivity index (χ1n) is 22.0. The van der Waals surface area contributed by atoms with E-state index in [-0.39, 0.29) is 41.3 Å². The number of H-pyrrole nitrogens is 2. The van der Waals surface area contributed by atoms with Crippen LogP contribution in [0.1, 0.15) is 76.1 Å². The quantitative estimate of drug-likeness (QED) is 0.0966. The molecule has 16 nitrogen and oxygen atoms in total. The molecule has 2 saturated heterocycles. The lowest BCUT2D eigenvalue weighted by Crippen LogP contribution is -2.56. The van der Waals surface area contributed by atoms with Gasteiger partial charge in [0.25, 0.3) is 0 Å². The molecule has 2 aromatic heterocycles. The number of carbonyl (C=O) groups is 4. The Morgan fingerprint density at radius 1 is 0.703 bits per heavy atom. The Morgan fingerprint density at radius 3 is 1.88 bits per heavy atom. The van der Waals surface area contributed by atoms with Gasteiger partial charge in [0, 0.05) is 32.4 Å². The van der Waals surface area contributed by atoms with Gasteiger partial charge in [-0.05, 0) is 103 Å². The number of fused-ring (bicyclic) bond motifs is 3. The van der Waals surface area contributed by atoms with Crippen molar-refractivity contribution < 1.29 is 38.1 Å². The normalized spacial score (nSPS) is 22.6. The minimum absolute atomic E-state index is 0.0684. The molecule has 64 heavy (non-hydrogen) atoms. The van der Waals surface area contributed by atoms with E-state index < -0.39 is 36.5 Å². The number of likely N-dealkylation sites (tertiary alicyclic amines) is 2. The number of hydrogen-bond donors (Lipinski definition) is 4. The molecule has 9 rings (SSSR count). The second-order valence-corrected chi connectivity index (χ2v) is 17.9. The van der Waals surface area contributed by atoms with Crippen LogP contribution in [0, 0.1) is 11.3 Å². The number of amides is 4. The molecular formula is C48H56N8O8. The molecule has 4 fully saturated rings. The highest BCUT2D eigenvalue weighted by Crippen LogP contribution is 2.58. The van der Waals surface area contributed by atoms with Crippen LogP contribution in [-0.4, -0.2) is 119 Å². The van der Waals surface area contributed by atoms with Crippen LogP contribution in [-0.2, 0) is 28.5 Å². The van der Waals surface area contributed by atoms with Crippen molar-refractivity contribution in [3.8, 4) is 33.6 Å². The third-order valence-corrected chi connectivity index (χ3v) is 14.2. The molecule has 336 valence electrons. The van der Waals surface area contributed by atoms with Gasteiger partial charge in [0.1, 0.15) is 23.7 Å². The van der Waals surface area contributed by atoms with E-state index in [2.05, 4.69) is 81.3 Å².